The lowest BCUT2D eigenvalue weighted by Gasteiger charge is -2.35. The molecule has 0 amide bonds. The Morgan fingerprint density at radius 2 is 0.929 bits per heavy atom. The van der Waals surface area contributed by atoms with Crippen LogP contribution in [-0.4, -0.2) is 23.4 Å². The van der Waals surface area contributed by atoms with Crippen LogP contribution in [0.5, 0.6) is 0 Å². The summed E-state index contributed by atoms with van der Waals surface area (Å²) in [4.78, 5) is 0. The molecule has 0 aromatic carbocycles. The average Bonchev–Trinajstić information content (AvgIpc) is 2.30. The van der Waals surface area contributed by atoms with Gasteiger partial charge in [-0.15, -0.1) is 0 Å². The van der Waals surface area contributed by atoms with Crippen LogP contribution < -0.4 is 0 Å². The maximum Gasteiger partial charge on any atom is 0.0662 e. The Morgan fingerprint density at radius 3 is 1.14 bits per heavy atom. The first-order valence-electron chi connectivity index (χ1n) is 6.10. The van der Waals surface area contributed by atoms with Crippen molar-refractivity contribution in [2.45, 2.75) is 51.4 Å². The van der Waals surface area contributed by atoms with Crippen LogP contribution >= 0.6 is 0 Å². The molecule has 0 atom stereocenters. The highest BCUT2D eigenvalue weighted by Gasteiger charge is 2.26. The van der Waals surface area contributed by atoms with E-state index < -0.39 is 0 Å². The SMILES string of the molecule is C1CCC2CCCCC2C1.OCCO. The molecule has 84 valence electrons. The van der Waals surface area contributed by atoms with Crippen LogP contribution in [0.3, 0.4) is 0 Å². The van der Waals surface area contributed by atoms with Gasteiger partial charge in [0.05, 0.1) is 13.2 Å². The topological polar surface area (TPSA) is 40.5 Å². The summed E-state index contributed by atoms with van der Waals surface area (Å²) in [6.07, 6.45) is 12.4. The standard InChI is InChI=1S/C10H18.C2H6O2/c1-2-6-10-8-4-3-7-9(10)5-1;3-1-2-4/h9-10H,1-8H2;3-4H,1-2H2. The molecule has 0 aliphatic heterocycles. The van der Waals surface area contributed by atoms with E-state index in [2.05, 4.69) is 0 Å². The van der Waals surface area contributed by atoms with E-state index in [9.17, 15) is 0 Å². The van der Waals surface area contributed by atoms with Crippen molar-refractivity contribution in [1.82, 2.24) is 0 Å². The minimum Gasteiger partial charge on any atom is -0.394 e. The van der Waals surface area contributed by atoms with E-state index >= 15 is 0 Å². The molecule has 0 radical (unpaired) electrons. The molecule has 2 heteroatoms. The second-order valence-electron chi connectivity index (χ2n) is 4.54. The molecule has 14 heavy (non-hydrogen) atoms. The lowest BCUT2D eigenvalue weighted by Crippen LogP contribution is -2.22. The van der Waals surface area contributed by atoms with Crippen LogP contribution in [0.1, 0.15) is 51.4 Å². The van der Waals surface area contributed by atoms with Gasteiger partial charge in [-0.1, -0.05) is 51.4 Å². The molecule has 2 N–H and O–H groups in total. The second-order valence-corrected chi connectivity index (χ2v) is 4.54. The molecular formula is C12H24O2. The van der Waals surface area contributed by atoms with Crippen LogP contribution in [0.2, 0.25) is 0 Å². The second kappa shape index (κ2) is 7.24. The zero-order valence-electron chi connectivity index (χ0n) is 9.12. The van der Waals surface area contributed by atoms with Crippen LogP contribution in [0.4, 0.5) is 0 Å². The number of aliphatic hydroxyl groups is 2. The van der Waals surface area contributed by atoms with Gasteiger partial charge in [0.1, 0.15) is 0 Å². The highest BCUT2D eigenvalue weighted by molar-refractivity contribution is 4.78. The molecule has 0 aromatic heterocycles. The molecular weight excluding hydrogens is 176 g/mol. The molecule has 2 fully saturated rings. The van der Waals surface area contributed by atoms with Crippen LogP contribution in [0.15, 0.2) is 0 Å². The minimum absolute atomic E-state index is 0.125. The molecule has 2 rings (SSSR count). The Hall–Kier alpha value is -0.0800. The third kappa shape index (κ3) is 3.97. The van der Waals surface area contributed by atoms with Crippen molar-refractivity contribution >= 4 is 0 Å². The van der Waals surface area contributed by atoms with Gasteiger partial charge in [-0.2, -0.15) is 0 Å². The molecule has 2 saturated carbocycles. The fourth-order valence-electron chi connectivity index (χ4n) is 2.86. The quantitative estimate of drug-likeness (QED) is 0.682. The highest BCUT2D eigenvalue weighted by atomic mass is 16.3. The maximum atomic E-state index is 7.62. The van der Waals surface area contributed by atoms with Gasteiger partial charge in [0, 0.05) is 0 Å². The normalized spacial score (nSPS) is 31.3. The van der Waals surface area contributed by atoms with Gasteiger partial charge in [0.2, 0.25) is 0 Å². The molecule has 2 aliphatic carbocycles. The van der Waals surface area contributed by atoms with Crippen molar-refractivity contribution in [1.29, 1.82) is 0 Å². The van der Waals surface area contributed by atoms with Crippen molar-refractivity contribution in [3.8, 4) is 0 Å². The van der Waals surface area contributed by atoms with E-state index in [1.54, 1.807) is 25.7 Å². The summed E-state index contributed by atoms with van der Waals surface area (Å²) < 4.78 is 0. The van der Waals surface area contributed by atoms with Crippen molar-refractivity contribution in [3.63, 3.8) is 0 Å². The van der Waals surface area contributed by atoms with Gasteiger partial charge in [0.15, 0.2) is 0 Å². The first-order chi connectivity index (χ1) is 6.88. The summed E-state index contributed by atoms with van der Waals surface area (Å²) >= 11 is 0. The summed E-state index contributed by atoms with van der Waals surface area (Å²) in [7, 11) is 0. The molecule has 0 heterocycles. The Bertz CT molecular complexity index is 108. The largest absolute Gasteiger partial charge is 0.394 e. The minimum atomic E-state index is -0.125. The first kappa shape index (κ1) is 12.0. The van der Waals surface area contributed by atoms with Gasteiger partial charge in [-0.05, 0) is 11.8 Å². The van der Waals surface area contributed by atoms with Crippen molar-refractivity contribution in [2.75, 3.05) is 13.2 Å². The summed E-state index contributed by atoms with van der Waals surface area (Å²) in [5, 5.41) is 15.2. The summed E-state index contributed by atoms with van der Waals surface area (Å²) in [5.74, 6) is 2.31. The summed E-state index contributed by atoms with van der Waals surface area (Å²) in [5.41, 5.74) is 0. The molecule has 0 bridgehead atoms. The Kier molecular flexibility index (Phi) is 6.20. The van der Waals surface area contributed by atoms with Crippen molar-refractivity contribution < 1.29 is 10.2 Å². The van der Waals surface area contributed by atoms with E-state index in [1.165, 1.54) is 25.7 Å². The smallest absolute Gasteiger partial charge is 0.0662 e. The number of hydrogen-bond acceptors (Lipinski definition) is 2. The molecule has 0 saturated heterocycles. The Balaban J connectivity index is 0.000000213. The van der Waals surface area contributed by atoms with Gasteiger partial charge in [-0.25, -0.2) is 0 Å². The molecule has 0 aromatic rings. The predicted octanol–water partition coefficient (Wildman–Crippen LogP) is 2.34. The Labute approximate surface area is 87.3 Å². The van der Waals surface area contributed by atoms with E-state index in [0.29, 0.717) is 0 Å². The van der Waals surface area contributed by atoms with Crippen LogP contribution in [-0.2, 0) is 0 Å². The third-order valence-electron chi connectivity index (χ3n) is 3.57. The fourth-order valence-corrected chi connectivity index (χ4v) is 2.86. The third-order valence-corrected chi connectivity index (χ3v) is 3.57. The maximum absolute atomic E-state index is 7.62. The molecule has 0 unspecified atom stereocenters. The number of aliphatic hydroxyl groups excluding tert-OH is 2. The van der Waals surface area contributed by atoms with Gasteiger partial charge in [0.25, 0.3) is 0 Å². The zero-order valence-corrected chi connectivity index (χ0v) is 9.12. The highest BCUT2D eigenvalue weighted by Crippen LogP contribution is 2.39. The summed E-state index contributed by atoms with van der Waals surface area (Å²) in [6, 6.07) is 0. The van der Waals surface area contributed by atoms with Gasteiger partial charge < -0.3 is 10.2 Å². The van der Waals surface area contributed by atoms with Gasteiger partial charge >= 0.3 is 0 Å². The first-order valence-corrected chi connectivity index (χ1v) is 6.10. The Morgan fingerprint density at radius 1 is 0.643 bits per heavy atom. The molecule has 2 aliphatic rings. The van der Waals surface area contributed by atoms with E-state index in [0.717, 1.165) is 11.8 Å². The van der Waals surface area contributed by atoms with Crippen molar-refractivity contribution in [3.05, 3.63) is 0 Å². The molecule has 2 nitrogen and oxygen atoms in total. The molecule has 0 spiro atoms. The van der Waals surface area contributed by atoms with Crippen LogP contribution in [0.25, 0.3) is 0 Å². The fraction of sp³-hybridized carbons (Fsp3) is 1.00. The number of hydrogen-bond donors (Lipinski definition) is 2. The van der Waals surface area contributed by atoms with Gasteiger partial charge in [-0.3, -0.25) is 0 Å². The van der Waals surface area contributed by atoms with Crippen molar-refractivity contribution in [2.24, 2.45) is 11.8 Å². The average molecular weight is 200 g/mol. The van der Waals surface area contributed by atoms with E-state index in [1.807, 2.05) is 0 Å². The lowest BCUT2D eigenvalue weighted by atomic mass is 9.71. The summed E-state index contributed by atoms with van der Waals surface area (Å²) in [6.45, 7) is -0.250. The number of rotatable bonds is 1. The van der Waals surface area contributed by atoms with Crippen LogP contribution in [0, 0.1) is 11.8 Å². The zero-order chi connectivity index (χ0) is 10.2. The van der Waals surface area contributed by atoms with E-state index in [4.69, 9.17) is 10.2 Å². The monoisotopic (exact) mass is 200 g/mol. The van der Waals surface area contributed by atoms with E-state index in [-0.39, 0.29) is 13.2 Å². The lowest BCUT2D eigenvalue weighted by molar-refractivity contribution is 0.171. The predicted molar refractivity (Wildman–Crippen MR) is 58.1 cm³/mol. The number of fused-ring (bicyclic) bond motifs is 1.